The summed E-state index contributed by atoms with van der Waals surface area (Å²) in [5.41, 5.74) is 5.74. The standard InChI is InChI=1S/C42H50F2N8O6.C12H12N2OS.C4H10.2C2H6/c1-2-30-33(43)12-9-24-16-29(54)17-31(37(24)30)39-38(44)40-32(18-46-39)41(51-20-25-10-11-26(21-51)47-25)49-42(48-40)58-23-27-6-5-14-52(27)35(56)8-4-3-7-34(55)45-19-36(57)50-15-13-28(53)22-50;1-9-12(16-8-14-9)11-4-2-10(3-5-11)6-13-7-15;1-4(2)3;2*1-2/h9,12,16-18,25-28,47,53-54H,2-8,10-11,13-15,19-23H2,1H3,(H,45,55);2-5,7-8H,6H2,1H3,(H,13,15);4H,1-3H3;2*1-2H3. The molecule has 0 radical (unpaired) electrons. The number of anilines is 1. The summed E-state index contributed by atoms with van der Waals surface area (Å²) in [4.78, 5) is 73.0. The molecule has 5 N–H and O–H groups in total. The van der Waals surface area contributed by atoms with Crippen molar-refractivity contribution < 1.29 is 42.9 Å². The second-order valence-electron chi connectivity index (χ2n) is 21.2. The minimum atomic E-state index is -0.744. The second kappa shape index (κ2) is 31.5. The first kappa shape index (κ1) is 64.3. The van der Waals surface area contributed by atoms with Crippen LogP contribution in [0.2, 0.25) is 0 Å². The molecular formula is C62H84F2N10O7S. The first-order valence-corrected chi connectivity index (χ1v) is 30.1. The Labute approximate surface area is 485 Å². The third-order valence-electron chi connectivity index (χ3n) is 14.4. The van der Waals surface area contributed by atoms with Crippen LogP contribution in [0.1, 0.15) is 130 Å². The van der Waals surface area contributed by atoms with Gasteiger partial charge in [0.25, 0.3) is 0 Å². The molecule has 4 fully saturated rings. The van der Waals surface area contributed by atoms with E-state index in [1.807, 2.05) is 59.2 Å². The Kier molecular flexibility index (Phi) is 24.7. The monoisotopic (exact) mass is 1150 g/mol. The fourth-order valence-corrected chi connectivity index (χ4v) is 11.4. The maximum atomic E-state index is 17.0. The minimum absolute atomic E-state index is 0.00979. The molecular weight excluding hydrogens is 1070 g/mol. The number of hydrogen-bond acceptors (Lipinski definition) is 14. The van der Waals surface area contributed by atoms with Crippen LogP contribution in [0.3, 0.4) is 0 Å². The van der Waals surface area contributed by atoms with E-state index in [4.69, 9.17) is 9.72 Å². The van der Waals surface area contributed by atoms with E-state index in [0.717, 1.165) is 36.4 Å². The number of piperazine rings is 1. The molecule has 7 heterocycles. The molecule has 0 aliphatic carbocycles. The molecule has 444 valence electrons. The number of amides is 4. The molecule has 4 saturated heterocycles. The average Bonchev–Trinajstić information content (AvgIpc) is 2.84. The molecule has 3 aromatic heterocycles. The van der Waals surface area contributed by atoms with E-state index in [1.54, 1.807) is 28.5 Å². The number of rotatable bonds is 17. The Morgan fingerprint density at radius 3 is 2.26 bits per heavy atom. The van der Waals surface area contributed by atoms with Gasteiger partial charge < -0.3 is 45.6 Å². The Balaban J connectivity index is 0.000000377. The highest BCUT2D eigenvalue weighted by atomic mass is 32.1. The number of benzene rings is 3. The molecule has 4 aliphatic heterocycles. The van der Waals surface area contributed by atoms with Crippen LogP contribution in [-0.2, 0) is 32.1 Å². The van der Waals surface area contributed by atoms with Crippen molar-refractivity contribution in [3.05, 3.63) is 88.7 Å². The van der Waals surface area contributed by atoms with Gasteiger partial charge in [0.2, 0.25) is 24.1 Å². The Bertz CT molecular complexity index is 3060. The van der Waals surface area contributed by atoms with E-state index < -0.39 is 17.7 Å². The number of thiazole rings is 1. The number of nitrogens with zero attached hydrogens (tertiary/aromatic N) is 7. The number of carbonyl (C=O) groups excluding carboxylic acids is 4. The fourth-order valence-electron chi connectivity index (χ4n) is 10.6. The summed E-state index contributed by atoms with van der Waals surface area (Å²) in [6, 6.07) is 14.2. The molecule has 3 aromatic carbocycles. The number of β-amino-alcohol motifs (C(OH)–C–C–N with tert-alkyl or cyclic N) is 1. The van der Waals surface area contributed by atoms with Crippen molar-refractivity contribution in [3.63, 3.8) is 0 Å². The van der Waals surface area contributed by atoms with Crippen LogP contribution in [-0.4, -0.2) is 134 Å². The minimum Gasteiger partial charge on any atom is -0.508 e. The van der Waals surface area contributed by atoms with Crippen molar-refractivity contribution in [1.82, 2.24) is 45.7 Å². The van der Waals surface area contributed by atoms with Crippen LogP contribution in [0.5, 0.6) is 11.8 Å². The lowest BCUT2D eigenvalue weighted by atomic mass is 9.94. The number of aliphatic hydroxyl groups is 1. The topological polar surface area (TPSA) is 215 Å². The first-order chi connectivity index (χ1) is 39.6. The molecule has 2 bridgehead atoms. The molecule has 6 aromatic rings. The summed E-state index contributed by atoms with van der Waals surface area (Å²) in [6.07, 6.45) is 7.60. The quantitative estimate of drug-likeness (QED) is 0.0425. The summed E-state index contributed by atoms with van der Waals surface area (Å²) in [5, 5.41) is 30.6. The van der Waals surface area contributed by atoms with Crippen LogP contribution in [0.4, 0.5) is 14.6 Å². The molecule has 0 spiro atoms. The number of fused-ring (bicyclic) bond motifs is 4. The molecule has 4 amide bonds. The molecule has 82 heavy (non-hydrogen) atoms. The molecule has 10 rings (SSSR count). The van der Waals surface area contributed by atoms with Crippen molar-refractivity contribution in [2.45, 2.75) is 157 Å². The number of unbranched alkanes of at least 4 members (excludes halogenated alkanes) is 1. The number of nitrogens with one attached hydrogen (secondary N) is 3. The normalized spacial score (nSPS) is 17.9. The first-order valence-electron chi connectivity index (χ1n) is 29.2. The maximum absolute atomic E-state index is 17.0. The maximum Gasteiger partial charge on any atom is 0.319 e. The van der Waals surface area contributed by atoms with Crippen molar-refractivity contribution in [3.8, 4) is 33.5 Å². The number of phenolic OH excluding ortho intramolecular Hbond substituents is 1. The van der Waals surface area contributed by atoms with Crippen LogP contribution in [0.25, 0.3) is 43.4 Å². The number of aromatic nitrogens is 4. The molecule has 4 unspecified atom stereocenters. The fraction of sp³-hybridized carbons (Fsp3) is 0.516. The number of aromatic hydroxyl groups is 1. The zero-order chi connectivity index (χ0) is 59.5. The molecule has 4 atom stereocenters. The SMILES string of the molecule is CC.CC.CC(C)C.CCc1c(F)ccc2cc(O)cc(-c3ncc4c(N5CC6CCC(C5)N6)nc(OCC5CCCN5C(=O)CCCCC(=O)NCC(=O)N5CCC(O)C5)nc4c3F)c12.Cc1ncsc1-c1ccc(CNC=O)cc1. The third-order valence-corrected chi connectivity index (χ3v) is 15.3. The average molecular weight is 1150 g/mol. The molecule has 0 saturated carbocycles. The predicted molar refractivity (Wildman–Crippen MR) is 321 cm³/mol. The summed E-state index contributed by atoms with van der Waals surface area (Å²) < 4.78 is 38.3. The number of pyridine rings is 1. The van der Waals surface area contributed by atoms with Crippen molar-refractivity contribution >= 4 is 63.0 Å². The smallest absolute Gasteiger partial charge is 0.319 e. The summed E-state index contributed by atoms with van der Waals surface area (Å²) in [6.45, 7) is 21.5. The summed E-state index contributed by atoms with van der Waals surface area (Å²) in [5.74, 6) is -0.470. The number of ether oxygens (including phenoxy) is 1. The number of aliphatic hydroxyl groups excluding tert-OH is 1. The van der Waals surface area contributed by atoms with E-state index in [-0.39, 0.29) is 96.9 Å². The lowest BCUT2D eigenvalue weighted by Gasteiger charge is -2.34. The van der Waals surface area contributed by atoms with Crippen LogP contribution >= 0.6 is 11.3 Å². The van der Waals surface area contributed by atoms with Crippen LogP contribution in [0, 0.1) is 24.5 Å². The van der Waals surface area contributed by atoms with E-state index in [1.165, 1.54) is 33.5 Å². The van der Waals surface area contributed by atoms with Gasteiger partial charge in [-0.2, -0.15) is 9.97 Å². The van der Waals surface area contributed by atoms with Gasteiger partial charge in [0.15, 0.2) is 5.82 Å². The zero-order valence-electron chi connectivity index (χ0n) is 49.2. The third kappa shape index (κ3) is 16.9. The van der Waals surface area contributed by atoms with Gasteiger partial charge in [-0.1, -0.05) is 85.7 Å². The highest BCUT2D eigenvalue weighted by Gasteiger charge is 2.35. The van der Waals surface area contributed by atoms with Crippen molar-refractivity contribution in [2.24, 2.45) is 5.92 Å². The van der Waals surface area contributed by atoms with E-state index in [2.05, 4.69) is 68.7 Å². The number of halogens is 2. The van der Waals surface area contributed by atoms with Gasteiger partial charge in [0.1, 0.15) is 35.2 Å². The highest BCUT2D eigenvalue weighted by Crippen LogP contribution is 2.40. The number of hydrogen-bond donors (Lipinski definition) is 5. The van der Waals surface area contributed by atoms with Gasteiger partial charge in [-0.3, -0.25) is 24.2 Å². The summed E-state index contributed by atoms with van der Waals surface area (Å²) >= 11 is 1.64. The Morgan fingerprint density at radius 1 is 0.902 bits per heavy atom. The second-order valence-corrected chi connectivity index (χ2v) is 22.0. The van der Waals surface area contributed by atoms with Crippen LogP contribution < -0.4 is 25.6 Å². The van der Waals surface area contributed by atoms with Gasteiger partial charge in [-0.05, 0) is 110 Å². The number of aryl methyl sites for hydroxylation is 2. The summed E-state index contributed by atoms with van der Waals surface area (Å²) in [7, 11) is 0. The number of likely N-dealkylation sites (tertiary alicyclic amines) is 2. The predicted octanol–water partition coefficient (Wildman–Crippen LogP) is 10.1. The number of carbonyl (C=O) groups is 4. The van der Waals surface area contributed by atoms with Gasteiger partial charge in [-0.15, -0.1) is 11.3 Å². The van der Waals surface area contributed by atoms with E-state index >= 15 is 8.78 Å². The van der Waals surface area contributed by atoms with Crippen molar-refractivity contribution in [1.29, 1.82) is 0 Å². The molecule has 4 aliphatic rings. The van der Waals surface area contributed by atoms with E-state index in [9.17, 15) is 29.4 Å². The van der Waals surface area contributed by atoms with Gasteiger partial charge >= 0.3 is 6.01 Å². The number of phenols is 1. The largest absolute Gasteiger partial charge is 0.508 e. The Morgan fingerprint density at radius 2 is 1.61 bits per heavy atom. The Hall–Kier alpha value is -6.90. The van der Waals surface area contributed by atoms with E-state index in [0.29, 0.717) is 98.8 Å². The highest BCUT2D eigenvalue weighted by molar-refractivity contribution is 7.13. The lowest BCUT2D eigenvalue weighted by molar-refractivity contribution is -0.133. The lowest BCUT2D eigenvalue weighted by Crippen LogP contribution is -2.51. The molecule has 20 heteroatoms. The van der Waals surface area contributed by atoms with Crippen LogP contribution in [0.15, 0.2) is 60.2 Å². The van der Waals surface area contributed by atoms with Gasteiger partial charge in [0, 0.05) is 76.0 Å². The zero-order valence-corrected chi connectivity index (χ0v) is 50.0. The van der Waals surface area contributed by atoms with Gasteiger partial charge in [0.05, 0.1) is 40.2 Å². The van der Waals surface area contributed by atoms with Crippen molar-refractivity contribution in [2.75, 3.05) is 50.8 Å². The van der Waals surface area contributed by atoms with Gasteiger partial charge in [-0.25, -0.2) is 13.8 Å². The molecule has 17 nitrogen and oxygen atoms in total.